The molecule has 1 aliphatic heterocycles. The first kappa shape index (κ1) is 27.1. The van der Waals surface area contributed by atoms with Crippen LogP contribution < -0.4 is 25.5 Å². The van der Waals surface area contributed by atoms with Crippen molar-refractivity contribution in [2.75, 3.05) is 40.7 Å². The van der Waals surface area contributed by atoms with Crippen LogP contribution in [0.4, 0.5) is 13.2 Å². The number of rotatable bonds is 10. The summed E-state index contributed by atoms with van der Waals surface area (Å²) in [5, 5.41) is 0.0948. The molecule has 12 heteroatoms. The largest absolute Gasteiger partial charge is 0.493 e. The van der Waals surface area contributed by atoms with Crippen molar-refractivity contribution in [3.05, 3.63) is 62.6 Å². The lowest BCUT2D eigenvalue weighted by Gasteiger charge is -2.31. The molecule has 1 aromatic heterocycles. The second-order valence-electron chi connectivity index (χ2n) is 8.96. The van der Waals surface area contributed by atoms with Gasteiger partial charge in [0.2, 0.25) is 6.41 Å². The van der Waals surface area contributed by atoms with Crippen LogP contribution in [-0.2, 0) is 11.3 Å². The van der Waals surface area contributed by atoms with Gasteiger partial charge in [-0.1, -0.05) is 0 Å². The number of hydrogen-bond acceptors (Lipinski definition) is 6. The van der Waals surface area contributed by atoms with Crippen LogP contribution in [0.15, 0.2) is 39.9 Å². The summed E-state index contributed by atoms with van der Waals surface area (Å²) in [4.78, 5) is 40.1. The van der Waals surface area contributed by atoms with Crippen molar-refractivity contribution >= 4 is 17.3 Å². The zero-order valence-electron chi connectivity index (χ0n) is 21.0. The highest BCUT2D eigenvalue weighted by Gasteiger charge is 2.25. The number of carbonyl (C=O) groups excluding carboxylic acids is 1. The topological polar surface area (TPSA) is 92.0 Å². The van der Waals surface area contributed by atoms with Gasteiger partial charge in [-0.15, -0.1) is 0 Å². The van der Waals surface area contributed by atoms with Crippen molar-refractivity contribution in [2.24, 2.45) is 0 Å². The summed E-state index contributed by atoms with van der Waals surface area (Å²) in [6, 6.07) is 6.59. The van der Waals surface area contributed by atoms with Crippen LogP contribution in [-0.4, -0.2) is 67.2 Å². The first-order valence-electron chi connectivity index (χ1n) is 12.0. The van der Waals surface area contributed by atoms with E-state index in [0.29, 0.717) is 31.4 Å². The molecule has 204 valence electrons. The molecule has 4 rings (SSSR count). The zero-order valence-corrected chi connectivity index (χ0v) is 21.0. The number of ether oxygens (including phenoxy) is 3. The summed E-state index contributed by atoms with van der Waals surface area (Å²) in [5.41, 5.74) is -0.683. The van der Waals surface area contributed by atoms with Gasteiger partial charge in [-0.05, 0) is 48.7 Å². The predicted octanol–water partition coefficient (Wildman–Crippen LogP) is 2.85. The maximum atomic E-state index is 14.7. The number of aromatic nitrogens is 2. The Hall–Kier alpha value is -3.96. The molecule has 0 N–H and O–H groups in total. The smallest absolute Gasteiger partial charge is 0.332 e. The van der Waals surface area contributed by atoms with Crippen LogP contribution in [0, 0.1) is 5.82 Å². The molecule has 38 heavy (non-hydrogen) atoms. The zero-order chi connectivity index (χ0) is 27.4. The van der Waals surface area contributed by atoms with Gasteiger partial charge >= 0.3 is 5.69 Å². The van der Waals surface area contributed by atoms with Gasteiger partial charge in [0.1, 0.15) is 19.1 Å². The van der Waals surface area contributed by atoms with Gasteiger partial charge < -0.3 is 19.1 Å². The minimum atomic E-state index is -1.33. The van der Waals surface area contributed by atoms with Gasteiger partial charge in [-0.25, -0.2) is 18.0 Å². The lowest BCUT2D eigenvalue weighted by atomic mass is 10.0. The monoisotopic (exact) mass is 535 g/mol. The number of halogens is 3. The summed E-state index contributed by atoms with van der Waals surface area (Å²) in [5.74, 6) is -0.674. The van der Waals surface area contributed by atoms with Gasteiger partial charge in [-0.3, -0.25) is 18.7 Å². The van der Waals surface area contributed by atoms with Crippen molar-refractivity contribution in [3.63, 3.8) is 0 Å². The third-order valence-electron chi connectivity index (χ3n) is 6.63. The second kappa shape index (κ2) is 11.6. The number of amides is 1. The molecule has 1 amide bonds. The van der Waals surface area contributed by atoms with Gasteiger partial charge in [0.15, 0.2) is 23.4 Å². The Bertz CT molecular complexity index is 1430. The molecule has 0 atom stereocenters. The molecule has 0 saturated carbocycles. The summed E-state index contributed by atoms with van der Waals surface area (Å²) in [6.07, 6.45) is 0.365. The van der Waals surface area contributed by atoms with E-state index in [2.05, 4.69) is 0 Å². The predicted molar refractivity (Wildman–Crippen MR) is 133 cm³/mol. The van der Waals surface area contributed by atoms with E-state index in [-0.39, 0.29) is 40.8 Å². The highest BCUT2D eigenvalue weighted by atomic mass is 19.1. The molecule has 0 radical (unpaired) electrons. The number of hydrogen-bond donors (Lipinski definition) is 0. The molecule has 0 bridgehead atoms. The van der Waals surface area contributed by atoms with Gasteiger partial charge in [0, 0.05) is 19.1 Å². The SMILES string of the molecule is COc1cc(Cn2c(=O)c3cc(OC(CF)CF)ccc3n(C3CCN(C=O)CC3)c2=O)cc(F)c1OC. The molecule has 1 saturated heterocycles. The number of piperidine rings is 1. The van der Waals surface area contributed by atoms with Crippen molar-refractivity contribution in [1.82, 2.24) is 14.0 Å². The van der Waals surface area contributed by atoms with Crippen molar-refractivity contribution in [1.29, 1.82) is 0 Å². The maximum absolute atomic E-state index is 14.7. The minimum Gasteiger partial charge on any atom is -0.493 e. The Kier molecular flexibility index (Phi) is 8.28. The standard InChI is InChI=1S/C26H28F3N3O6/c1-36-23-10-16(9-21(29)24(23)37-2)14-31-25(34)20-11-18(38-19(12-27)13-28)3-4-22(20)32(26(31)35)17-5-7-30(15-33)8-6-17/h3-4,9-11,15,17,19H,5-8,12-14H2,1-2H3. The van der Waals surface area contributed by atoms with E-state index in [4.69, 9.17) is 14.2 Å². The number of methoxy groups -OCH3 is 2. The van der Waals surface area contributed by atoms with E-state index in [0.717, 1.165) is 17.0 Å². The molecular weight excluding hydrogens is 507 g/mol. The van der Waals surface area contributed by atoms with E-state index in [1.54, 1.807) is 4.90 Å². The average molecular weight is 536 g/mol. The molecule has 1 aliphatic rings. The summed E-state index contributed by atoms with van der Waals surface area (Å²) in [7, 11) is 2.63. The Balaban J connectivity index is 1.88. The number of carbonyl (C=O) groups is 1. The molecule has 0 unspecified atom stereocenters. The van der Waals surface area contributed by atoms with Crippen LogP contribution >= 0.6 is 0 Å². The minimum absolute atomic E-state index is 0.0691. The molecular formula is C26H28F3N3O6. The lowest BCUT2D eigenvalue weighted by molar-refractivity contribution is -0.119. The fraction of sp³-hybridized carbons (Fsp3) is 0.423. The van der Waals surface area contributed by atoms with Gasteiger partial charge in [-0.2, -0.15) is 0 Å². The maximum Gasteiger partial charge on any atom is 0.332 e. The first-order chi connectivity index (χ1) is 18.3. The van der Waals surface area contributed by atoms with Crippen LogP contribution in [0.2, 0.25) is 0 Å². The normalized spacial score (nSPS) is 14.2. The van der Waals surface area contributed by atoms with Crippen molar-refractivity contribution in [2.45, 2.75) is 31.5 Å². The van der Waals surface area contributed by atoms with E-state index in [1.807, 2.05) is 0 Å². The highest BCUT2D eigenvalue weighted by molar-refractivity contribution is 5.80. The summed E-state index contributed by atoms with van der Waals surface area (Å²) >= 11 is 0. The highest BCUT2D eigenvalue weighted by Crippen LogP contribution is 2.32. The summed E-state index contributed by atoms with van der Waals surface area (Å²) < 4.78 is 58.8. The number of alkyl halides is 2. The average Bonchev–Trinajstić information content (AvgIpc) is 2.94. The second-order valence-corrected chi connectivity index (χ2v) is 8.96. The molecule has 2 heterocycles. The summed E-state index contributed by atoms with van der Waals surface area (Å²) in [6.45, 7) is -1.53. The fourth-order valence-electron chi connectivity index (χ4n) is 4.72. The third-order valence-corrected chi connectivity index (χ3v) is 6.63. The third kappa shape index (κ3) is 5.20. The molecule has 9 nitrogen and oxygen atoms in total. The number of fused-ring (bicyclic) bond motifs is 1. The van der Waals surface area contributed by atoms with Crippen LogP contribution in [0.5, 0.6) is 17.2 Å². The Morgan fingerprint density at radius 3 is 2.37 bits per heavy atom. The number of likely N-dealkylation sites (tertiary alicyclic amines) is 1. The Morgan fingerprint density at radius 1 is 1.05 bits per heavy atom. The van der Waals surface area contributed by atoms with E-state index >= 15 is 0 Å². The van der Waals surface area contributed by atoms with E-state index in [1.165, 1.54) is 43.1 Å². The molecule has 2 aromatic carbocycles. The quantitative estimate of drug-likeness (QED) is 0.371. The van der Waals surface area contributed by atoms with Crippen molar-refractivity contribution < 1.29 is 32.2 Å². The van der Waals surface area contributed by atoms with Crippen molar-refractivity contribution in [3.8, 4) is 17.2 Å². The Labute approximate surface area is 215 Å². The molecule has 3 aromatic rings. The van der Waals surface area contributed by atoms with Gasteiger partial charge in [0.25, 0.3) is 5.56 Å². The lowest BCUT2D eigenvalue weighted by Crippen LogP contribution is -2.44. The fourth-order valence-corrected chi connectivity index (χ4v) is 4.72. The molecule has 0 spiro atoms. The van der Waals surface area contributed by atoms with E-state index < -0.39 is 36.5 Å². The molecule has 1 fully saturated rings. The number of nitrogens with zero attached hydrogens (tertiary/aromatic N) is 3. The van der Waals surface area contributed by atoms with Crippen LogP contribution in [0.1, 0.15) is 24.4 Å². The first-order valence-corrected chi connectivity index (χ1v) is 12.0. The Morgan fingerprint density at radius 2 is 1.76 bits per heavy atom. The van der Waals surface area contributed by atoms with Gasteiger partial charge in [0.05, 0.1) is 31.7 Å². The molecule has 0 aliphatic carbocycles. The van der Waals surface area contributed by atoms with E-state index in [9.17, 15) is 27.6 Å². The van der Waals surface area contributed by atoms with Crippen LogP contribution in [0.25, 0.3) is 10.9 Å². The van der Waals surface area contributed by atoms with Crippen LogP contribution in [0.3, 0.4) is 0 Å². The number of benzene rings is 2.